The maximum absolute atomic E-state index is 15.1. The maximum Gasteiger partial charge on any atom is 0.238 e. The molecular weight excluding hydrogens is 568 g/mol. The Morgan fingerprint density at radius 1 is 0.911 bits per heavy atom. The summed E-state index contributed by atoms with van der Waals surface area (Å²) in [6, 6.07) is 25.8. The Balaban J connectivity index is 1.37. The lowest BCUT2D eigenvalue weighted by molar-refractivity contribution is -0.122. The number of hydrogen-bond acceptors (Lipinski definition) is 7. The first-order valence-electron chi connectivity index (χ1n) is 15.2. The second-order valence-corrected chi connectivity index (χ2v) is 11.8. The summed E-state index contributed by atoms with van der Waals surface area (Å²) in [7, 11) is 0. The lowest BCUT2D eigenvalue weighted by atomic mass is 9.62. The highest BCUT2D eigenvalue weighted by Crippen LogP contribution is 2.62. The van der Waals surface area contributed by atoms with Crippen LogP contribution in [0.15, 0.2) is 97.2 Å². The average Bonchev–Trinajstić information content (AvgIpc) is 3.76. The monoisotopic (exact) mass is 598 g/mol. The molecule has 1 amide bonds. The Bertz CT molecular complexity index is 1920. The molecule has 4 unspecified atom stereocenters. The number of carbonyl (C=O) groups excluding carboxylic acids is 3. The predicted octanol–water partition coefficient (Wildman–Crippen LogP) is 6.19. The second-order valence-electron chi connectivity index (χ2n) is 11.8. The number of rotatable bonds is 7. The molecule has 1 fully saturated rings. The van der Waals surface area contributed by atoms with Crippen molar-refractivity contribution in [2.75, 3.05) is 18.7 Å². The maximum atomic E-state index is 15.1. The van der Waals surface area contributed by atoms with Crippen LogP contribution in [-0.4, -0.2) is 41.8 Å². The molecule has 224 valence electrons. The molecule has 0 radical (unpaired) electrons. The van der Waals surface area contributed by atoms with E-state index in [2.05, 4.69) is 5.32 Å². The SMILES string of the molecule is CCCOc1cccc(C(=O)C2C(C(=O)c3ccc4c(c3)OCO4)N3C=Cc4ccccc4C3C23C(=O)Nc2ccccc23)c1. The Morgan fingerprint density at radius 2 is 1.71 bits per heavy atom. The van der Waals surface area contributed by atoms with Crippen molar-refractivity contribution in [3.63, 3.8) is 0 Å². The normalized spacial score (nSPS) is 23.4. The summed E-state index contributed by atoms with van der Waals surface area (Å²) in [5, 5.41) is 3.09. The first kappa shape index (κ1) is 27.2. The minimum absolute atomic E-state index is 0.0712. The van der Waals surface area contributed by atoms with Gasteiger partial charge in [-0.1, -0.05) is 61.5 Å². The van der Waals surface area contributed by atoms with E-state index in [0.29, 0.717) is 46.2 Å². The minimum atomic E-state index is -1.41. The molecule has 4 aliphatic rings. The highest BCUT2D eigenvalue weighted by atomic mass is 16.7. The van der Waals surface area contributed by atoms with Crippen molar-refractivity contribution in [2.45, 2.75) is 30.8 Å². The number of fused-ring (bicyclic) bond motifs is 7. The molecule has 45 heavy (non-hydrogen) atoms. The van der Waals surface area contributed by atoms with E-state index in [-0.39, 0.29) is 24.3 Å². The van der Waals surface area contributed by atoms with E-state index in [0.717, 1.165) is 17.5 Å². The first-order chi connectivity index (χ1) is 22.0. The Morgan fingerprint density at radius 3 is 2.60 bits per heavy atom. The number of benzene rings is 4. The van der Waals surface area contributed by atoms with E-state index < -0.39 is 23.4 Å². The molecule has 1 saturated heterocycles. The van der Waals surface area contributed by atoms with Gasteiger partial charge >= 0.3 is 0 Å². The van der Waals surface area contributed by atoms with E-state index in [4.69, 9.17) is 14.2 Å². The quantitative estimate of drug-likeness (QED) is 0.254. The molecule has 0 bridgehead atoms. The fraction of sp³-hybridized carbons (Fsp3) is 0.216. The number of ether oxygens (including phenoxy) is 3. The standard InChI is InChI=1S/C37H30N2O6/c1-2-18-43-25-10-7-9-23(19-25)33(40)31-32(34(41)24-14-15-29-30(20-24)45-21-44-29)39-17-16-22-8-3-4-11-26(22)35(39)37(31)27-12-5-6-13-28(27)38-36(37)42/h3-17,19-20,31-32,35H,2,18,21H2,1H3,(H,38,42). The van der Waals surface area contributed by atoms with Crippen molar-refractivity contribution in [2.24, 2.45) is 5.92 Å². The van der Waals surface area contributed by atoms with Crippen molar-refractivity contribution in [1.82, 2.24) is 4.90 Å². The molecule has 4 aromatic carbocycles. The van der Waals surface area contributed by atoms with Gasteiger partial charge in [-0.25, -0.2) is 0 Å². The zero-order valence-electron chi connectivity index (χ0n) is 24.6. The number of para-hydroxylation sites is 1. The highest BCUT2D eigenvalue weighted by Gasteiger charge is 2.70. The van der Waals surface area contributed by atoms with E-state index >= 15 is 4.79 Å². The van der Waals surface area contributed by atoms with E-state index in [1.54, 1.807) is 36.4 Å². The second kappa shape index (κ2) is 10.4. The molecule has 0 aliphatic carbocycles. The van der Waals surface area contributed by atoms with Crippen molar-refractivity contribution >= 4 is 29.2 Å². The van der Waals surface area contributed by atoms with Gasteiger partial charge in [0.05, 0.1) is 18.6 Å². The van der Waals surface area contributed by atoms with Crippen molar-refractivity contribution < 1.29 is 28.6 Å². The number of nitrogens with zero attached hydrogens (tertiary/aromatic N) is 1. The molecule has 0 aromatic heterocycles. The number of anilines is 1. The average molecular weight is 599 g/mol. The number of hydrogen-bond donors (Lipinski definition) is 1. The number of Topliss-reactive ketones (excluding diaryl/α,β-unsaturated/α-hetero) is 2. The van der Waals surface area contributed by atoms with Crippen LogP contribution in [0.5, 0.6) is 17.2 Å². The van der Waals surface area contributed by atoms with Crippen LogP contribution in [0.4, 0.5) is 5.69 Å². The van der Waals surface area contributed by atoms with Crippen LogP contribution in [0, 0.1) is 5.92 Å². The Hall–Kier alpha value is -5.37. The number of ketones is 2. The van der Waals surface area contributed by atoms with Gasteiger partial charge in [0.15, 0.2) is 23.1 Å². The zero-order valence-corrected chi connectivity index (χ0v) is 24.6. The van der Waals surface area contributed by atoms with Crippen molar-refractivity contribution in [1.29, 1.82) is 0 Å². The van der Waals surface area contributed by atoms with E-state index in [1.165, 1.54) is 0 Å². The van der Waals surface area contributed by atoms with Gasteiger partial charge < -0.3 is 24.4 Å². The third kappa shape index (κ3) is 3.94. The van der Waals surface area contributed by atoms with Gasteiger partial charge in [-0.2, -0.15) is 0 Å². The zero-order chi connectivity index (χ0) is 30.7. The van der Waals surface area contributed by atoms with Crippen molar-refractivity contribution in [3.8, 4) is 17.2 Å². The summed E-state index contributed by atoms with van der Waals surface area (Å²) in [4.78, 5) is 46.5. The molecule has 8 heteroatoms. The van der Waals surface area contributed by atoms with Crippen molar-refractivity contribution in [3.05, 3.63) is 125 Å². The highest BCUT2D eigenvalue weighted by molar-refractivity contribution is 6.16. The summed E-state index contributed by atoms with van der Waals surface area (Å²) in [5.41, 5.74) is 2.50. The van der Waals surface area contributed by atoms with Crippen LogP contribution in [0.25, 0.3) is 6.08 Å². The molecule has 4 aliphatic heterocycles. The third-order valence-corrected chi connectivity index (χ3v) is 9.37. The van der Waals surface area contributed by atoms with Gasteiger partial charge in [0.2, 0.25) is 12.7 Å². The summed E-state index contributed by atoms with van der Waals surface area (Å²) in [6.07, 6.45) is 4.63. The molecule has 1 N–H and O–H groups in total. The number of nitrogens with one attached hydrogen (secondary N) is 1. The van der Waals surface area contributed by atoms with Crippen LogP contribution in [0.3, 0.4) is 0 Å². The lowest BCUT2D eigenvalue weighted by Gasteiger charge is -2.38. The third-order valence-electron chi connectivity index (χ3n) is 9.37. The topological polar surface area (TPSA) is 94.2 Å². The molecule has 8 nitrogen and oxygen atoms in total. The molecule has 4 aromatic rings. The molecular formula is C37H30N2O6. The van der Waals surface area contributed by atoms with Crippen LogP contribution in [-0.2, 0) is 10.2 Å². The minimum Gasteiger partial charge on any atom is -0.494 e. The van der Waals surface area contributed by atoms with Gasteiger partial charge in [0, 0.05) is 23.0 Å². The molecule has 1 spiro atoms. The van der Waals surface area contributed by atoms with Crippen LogP contribution >= 0.6 is 0 Å². The fourth-order valence-electron chi connectivity index (χ4n) is 7.53. The van der Waals surface area contributed by atoms with E-state index in [9.17, 15) is 9.59 Å². The molecule has 4 atom stereocenters. The van der Waals surface area contributed by atoms with Crippen LogP contribution < -0.4 is 19.5 Å². The van der Waals surface area contributed by atoms with E-state index in [1.807, 2.05) is 78.7 Å². The van der Waals surface area contributed by atoms with Gasteiger partial charge in [0.1, 0.15) is 17.2 Å². The molecule has 0 saturated carbocycles. The van der Waals surface area contributed by atoms with Gasteiger partial charge in [-0.3, -0.25) is 14.4 Å². The number of carbonyl (C=O) groups is 3. The smallest absolute Gasteiger partial charge is 0.238 e. The lowest BCUT2D eigenvalue weighted by Crippen LogP contribution is -2.49. The predicted molar refractivity (Wildman–Crippen MR) is 168 cm³/mol. The summed E-state index contributed by atoms with van der Waals surface area (Å²) in [6.45, 7) is 2.59. The largest absolute Gasteiger partial charge is 0.494 e. The fourth-order valence-corrected chi connectivity index (χ4v) is 7.53. The Labute approximate surface area is 260 Å². The Kier molecular flexibility index (Phi) is 6.27. The number of amides is 1. The molecule has 4 heterocycles. The van der Waals surface area contributed by atoms with Gasteiger partial charge in [-0.05, 0) is 65.6 Å². The summed E-state index contributed by atoms with van der Waals surface area (Å²) < 4.78 is 17.0. The van der Waals surface area contributed by atoms with Gasteiger partial charge in [-0.15, -0.1) is 0 Å². The summed E-state index contributed by atoms with van der Waals surface area (Å²) in [5.74, 6) is -0.385. The first-order valence-corrected chi connectivity index (χ1v) is 15.2. The van der Waals surface area contributed by atoms with Crippen LogP contribution in [0.1, 0.15) is 56.8 Å². The summed E-state index contributed by atoms with van der Waals surface area (Å²) >= 11 is 0. The van der Waals surface area contributed by atoms with Crippen LogP contribution in [0.2, 0.25) is 0 Å². The molecule has 8 rings (SSSR count). The van der Waals surface area contributed by atoms with Gasteiger partial charge in [0.25, 0.3) is 0 Å².